The maximum absolute atomic E-state index is 13.8. The topological polar surface area (TPSA) is 62.2 Å². The quantitative estimate of drug-likeness (QED) is 0.390. The number of aryl methyl sites for hydroxylation is 2. The Morgan fingerprint density at radius 1 is 1.08 bits per heavy atom. The second-order valence-electron chi connectivity index (χ2n) is 9.06. The van der Waals surface area contributed by atoms with E-state index < -0.39 is 17.8 Å². The molecule has 1 aliphatic rings. The van der Waals surface area contributed by atoms with Crippen LogP contribution in [-0.4, -0.2) is 54.2 Å². The van der Waals surface area contributed by atoms with Crippen LogP contribution in [0, 0.1) is 19.7 Å². The number of hydrogen-bond donors (Lipinski definition) is 0. The van der Waals surface area contributed by atoms with Gasteiger partial charge in [-0.1, -0.05) is 48.0 Å². The summed E-state index contributed by atoms with van der Waals surface area (Å²) < 4.78 is 18.9. The number of carbonyl (C=O) groups excluding carboxylic acids is 2. The lowest BCUT2D eigenvalue weighted by atomic mass is 9.96. The predicted octanol–water partition coefficient (Wildman–Crippen LogP) is 5.56. The Morgan fingerprint density at radius 3 is 2.57 bits per heavy atom. The fourth-order valence-electron chi connectivity index (χ4n) is 4.32. The van der Waals surface area contributed by atoms with Crippen molar-refractivity contribution < 1.29 is 18.7 Å². The molecule has 3 aromatic carbocycles. The molecule has 37 heavy (non-hydrogen) atoms. The molecule has 192 valence electrons. The van der Waals surface area contributed by atoms with Gasteiger partial charge < -0.3 is 9.64 Å². The minimum Gasteiger partial charge on any atom is -0.383 e. The van der Waals surface area contributed by atoms with Gasteiger partial charge in [0.15, 0.2) is 0 Å². The van der Waals surface area contributed by atoms with Crippen molar-refractivity contribution in [2.45, 2.75) is 26.3 Å². The van der Waals surface area contributed by atoms with Gasteiger partial charge in [-0.05, 0) is 66.4 Å². The van der Waals surface area contributed by atoms with Gasteiger partial charge in [0.25, 0.3) is 11.8 Å². The summed E-state index contributed by atoms with van der Waals surface area (Å²) in [5.41, 5.74) is 4.93. The molecular formula is C29H29ClFN3O3. The van der Waals surface area contributed by atoms with Crippen LogP contribution in [0.5, 0.6) is 0 Å². The summed E-state index contributed by atoms with van der Waals surface area (Å²) in [5.74, 6) is -1.36. The summed E-state index contributed by atoms with van der Waals surface area (Å²) in [6, 6.07) is 18.4. The number of amides is 2. The van der Waals surface area contributed by atoms with E-state index in [0.29, 0.717) is 11.4 Å². The number of rotatable bonds is 8. The zero-order valence-electron chi connectivity index (χ0n) is 21.1. The average Bonchev–Trinajstić information content (AvgIpc) is 3.33. The Kier molecular flexibility index (Phi) is 8.36. The minimum atomic E-state index is -0.523. The highest BCUT2D eigenvalue weighted by Crippen LogP contribution is 2.36. The van der Waals surface area contributed by atoms with Crippen LogP contribution in [0.4, 0.5) is 4.39 Å². The molecule has 1 atom stereocenters. The molecule has 4 rings (SSSR count). The monoisotopic (exact) mass is 521 g/mol. The number of methoxy groups -OCH3 is 1. The minimum absolute atomic E-state index is 0.160. The van der Waals surface area contributed by atoms with Crippen molar-refractivity contribution in [1.29, 1.82) is 0 Å². The molecule has 0 fully saturated rings. The molecule has 1 aliphatic heterocycles. The number of ether oxygens (including phenoxy) is 1. The standard InChI is InChI=1S/C29H29ClFN3O3/c1-19-11-12-21(15-20(19)2)26-17-27(24-9-4-5-10-25(24)30)34(32-26)28(35)18-33(13-14-37-3)29(36)22-7-6-8-23(31)16-22/h4-12,15-16,27H,13-14,17-18H2,1-3H3/t27-/m1/s1. The molecule has 0 saturated carbocycles. The number of nitrogens with zero attached hydrogens (tertiary/aromatic N) is 3. The van der Waals surface area contributed by atoms with Crippen LogP contribution in [0.3, 0.4) is 0 Å². The fourth-order valence-corrected chi connectivity index (χ4v) is 4.58. The Labute approximate surface area is 221 Å². The van der Waals surface area contributed by atoms with Gasteiger partial charge in [0.2, 0.25) is 0 Å². The Hall–Kier alpha value is -3.55. The van der Waals surface area contributed by atoms with E-state index >= 15 is 0 Å². The third-order valence-electron chi connectivity index (χ3n) is 6.52. The van der Waals surface area contributed by atoms with Gasteiger partial charge in [-0.25, -0.2) is 9.40 Å². The molecule has 0 unspecified atom stereocenters. The van der Waals surface area contributed by atoms with Crippen molar-refractivity contribution >= 4 is 29.1 Å². The number of halogens is 2. The molecule has 0 N–H and O–H groups in total. The van der Waals surface area contributed by atoms with Crippen LogP contribution in [0.2, 0.25) is 5.02 Å². The second kappa shape index (κ2) is 11.7. The molecule has 1 heterocycles. The van der Waals surface area contributed by atoms with Crippen molar-refractivity contribution in [1.82, 2.24) is 9.91 Å². The summed E-state index contributed by atoms with van der Waals surface area (Å²) in [7, 11) is 1.51. The highest BCUT2D eigenvalue weighted by molar-refractivity contribution is 6.31. The summed E-state index contributed by atoms with van der Waals surface area (Å²) in [6.07, 6.45) is 0.480. The zero-order chi connectivity index (χ0) is 26.5. The number of carbonyl (C=O) groups is 2. The molecule has 0 saturated heterocycles. The van der Waals surface area contributed by atoms with Crippen LogP contribution < -0.4 is 0 Å². The molecule has 0 spiro atoms. The van der Waals surface area contributed by atoms with Gasteiger partial charge in [-0.15, -0.1) is 0 Å². The van der Waals surface area contributed by atoms with E-state index in [1.807, 2.05) is 44.2 Å². The van der Waals surface area contributed by atoms with Crippen molar-refractivity contribution in [3.63, 3.8) is 0 Å². The largest absolute Gasteiger partial charge is 0.383 e. The smallest absolute Gasteiger partial charge is 0.262 e. The maximum atomic E-state index is 13.8. The predicted molar refractivity (Wildman–Crippen MR) is 142 cm³/mol. The molecule has 0 bridgehead atoms. The first-order valence-electron chi connectivity index (χ1n) is 12.0. The van der Waals surface area contributed by atoms with Crippen molar-refractivity contribution in [3.8, 4) is 0 Å². The van der Waals surface area contributed by atoms with Gasteiger partial charge in [-0.3, -0.25) is 9.59 Å². The molecule has 6 nitrogen and oxygen atoms in total. The highest BCUT2D eigenvalue weighted by Gasteiger charge is 2.35. The Bertz CT molecular complexity index is 1340. The first kappa shape index (κ1) is 26.5. The summed E-state index contributed by atoms with van der Waals surface area (Å²) in [4.78, 5) is 28.2. The first-order valence-corrected chi connectivity index (χ1v) is 12.4. The summed E-state index contributed by atoms with van der Waals surface area (Å²) in [5, 5.41) is 6.68. The summed E-state index contributed by atoms with van der Waals surface area (Å²) in [6.45, 7) is 4.22. The van der Waals surface area contributed by atoms with Gasteiger partial charge in [0.05, 0.1) is 18.4 Å². The fraction of sp³-hybridized carbons (Fsp3) is 0.276. The van der Waals surface area contributed by atoms with Gasteiger partial charge in [0.1, 0.15) is 12.4 Å². The normalized spacial score (nSPS) is 15.0. The molecular weight excluding hydrogens is 493 g/mol. The van der Waals surface area contributed by atoms with E-state index in [2.05, 4.69) is 6.07 Å². The Morgan fingerprint density at radius 2 is 1.86 bits per heavy atom. The van der Waals surface area contributed by atoms with Gasteiger partial charge in [0, 0.05) is 30.7 Å². The van der Waals surface area contributed by atoms with E-state index in [1.54, 1.807) is 6.07 Å². The lowest BCUT2D eigenvalue weighted by Gasteiger charge is -2.27. The average molecular weight is 522 g/mol. The molecule has 0 aromatic heterocycles. The van der Waals surface area contributed by atoms with Crippen LogP contribution in [-0.2, 0) is 9.53 Å². The summed E-state index contributed by atoms with van der Waals surface area (Å²) >= 11 is 6.53. The SMILES string of the molecule is COCCN(CC(=O)N1N=C(c2ccc(C)c(C)c2)C[C@@H]1c1ccccc1Cl)C(=O)c1cccc(F)c1. The second-order valence-corrected chi connectivity index (χ2v) is 9.46. The van der Waals surface area contributed by atoms with Gasteiger partial charge >= 0.3 is 0 Å². The van der Waals surface area contributed by atoms with Crippen LogP contribution in [0.1, 0.15) is 45.1 Å². The molecule has 2 amide bonds. The number of benzene rings is 3. The molecule has 3 aromatic rings. The first-order chi connectivity index (χ1) is 17.8. The van der Waals surface area contributed by atoms with E-state index in [-0.39, 0.29) is 31.2 Å². The molecule has 0 radical (unpaired) electrons. The van der Waals surface area contributed by atoms with Crippen LogP contribution >= 0.6 is 11.6 Å². The van der Waals surface area contributed by atoms with E-state index in [1.165, 1.54) is 40.8 Å². The highest BCUT2D eigenvalue weighted by atomic mass is 35.5. The lowest BCUT2D eigenvalue weighted by Crippen LogP contribution is -2.42. The van der Waals surface area contributed by atoms with Crippen LogP contribution in [0.15, 0.2) is 71.8 Å². The number of hydrogen-bond acceptors (Lipinski definition) is 4. The molecule has 8 heteroatoms. The van der Waals surface area contributed by atoms with Crippen molar-refractivity contribution in [2.24, 2.45) is 5.10 Å². The van der Waals surface area contributed by atoms with Crippen molar-refractivity contribution in [3.05, 3.63) is 105 Å². The third kappa shape index (κ3) is 6.06. The third-order valence-corrected chi connectivity index (χ3v) is 6.86. The van der Waals surface area contributed by atoms with E-state index in [9.17, 15) is 14.0 Å². The van der Waals surface area contributed by atoms with Crippen LogP contribution in [0.25, 0.3) is 0 Å². The lowest BCUT2D eigenvalue weighted by molar-refractivity contribution is -0.133. The van der Waals surface area contributed by atoms with Crippen molar-refractivity contribution in [2.75, 3.05) is 26.8 Å². The molecule has 0 aliphatic carbocycles. The Balaban J connectivity index is 1.66. The van der Waals surface area contributed by atoms with E-state index in [0.717, 1.165) is 28.5 Å². The number of hydrazone groups is 1. The van der Waals surface area contributed by atoms with Gasteiger partial charge in [-0.2, -0.15) is 5.10 Å². The van der Waals surface area contributed by atoms with E-state index in [4.69, 9.17) is 21.4 Å². The zero-order valence-corrected chi connectivity index (χ0v) is 21.8. The maximum Gasteiger partial charge on any atom is 0.262 e.